The van der Waals surface area contributed by atoms with Crippen LogP contribution in [0, 0.1) is 0 Å². The number of para-hydroxylation sites is 1. The third-order valence-corrected chi connectivity index (χ3v) is 4.92. The van der Waals surface area contributed by atoms with E-state index in [1.165, 1.54) is 6.26 Å². The quantitative estimate of drug-likeness (QED) is 0.420. The molecule has 2 amide bonds. The first kappa shape index (κ1) is 21.4. The fourth-order valence-electron chi connectivity index (χ4n) is 3.26. The van der Waals surface area contributed by atoms with E-state index in [-0.39, 0.29) is 18.5 Å². The Morgan fingerprint density at radius 1 is 1.09 bits per heavy atom. The van der Waals surface area contributed by atoms with Crippen molar-refractivity contribution in [2.24, 2.45) is 0 Å². The lowest BCUT2D eigenvalue weighted by Crippen LogP contribution is -2.37. The van der Waals surface area contributed by atoms with Crippen LogP contribution in [0.2, 0.25) is 0 Å². The van der Waals surface area contributed by atoms with Crippen molar-refractivity contribution in [1.29, 1.82) is 0 Å². The molecule has 0 atom stereocenters. The van der Waals surface area contributed by atoms with Crippen molar-refractivity contribution < 1.29 is 23.1 Å². The van der Waals surface area contributed by atoms with Crippen LogP contribution in [0.3, 0.4) is 0 Å². The van der Waals surface area contributed by atoms with Gasteiger partial charge in [-0.05, 0) is 18.2 Å². The number of benzene rings is 1. The molecule has 4 aromatic rings. The van der Waals surface area contributed by atoms with Gasteiger partial charge in [0, 0.05) is 37.5 Å². The summed E-state index contributed by atoms with van der Waals surface area (Å²) in [4.78, 5) is 23.2. The average molecular weight is 463 g/mol. The first-order valence-corrected chi connectivity index (χ1v) is 10.6. The number of hydrogen-bond donors (Lipinski definition) is 2. The van der Waals surface area contributed by atoms with Crippen LogP contribution in [0.1, 0.15) is 5.56 Å². The van der Waals surface area contributed by atoms with Crippen LogP contribution in [-0.4, -0.2) is 52.5 Å². The maximum atomic E-state index is 12.3. The van der Waals surface area contributed by atoms with Crippen molar-refractivity contribution in [3.05, 3.63) is 60.5 Å². The van der Waals surface area contributed by atoms with Crippen molar-refractivity contribution in [1.82, 2.24) is 25.5 Å². The summed E-state index contributed by atoms with van der Waals surface area (Å²) >= 11 is 0. The second kappa shape index (κ2) is 10.0. The zero-order chi connectivity index (χ0) is 23.2. The van der Waals surface area contributed by atoms with Crippen LogP contribution in [0.15, 0.2) is 63.8 Å². The molecule has 1 aromatic carbocycles. The molecule has 174 valence electrons. The van der Waals surface area contributed by atoms with Gasteiger partial charge in [-0.25, -0.2) is 9.78 Å². The van der Waals surface area contributed by atoms with Crippen LogP contribution in [0.25, 0.3) is 11.7 Å². The van der Waals surface area contributed by atoms with Gasteiger partial charge >= 0.3 is 12.0 Å². The zero-order valence-corrected chi connectivity index (χ0v) is 18.0. The molecule has 2 N–H and O–H groups in total. The highest BCUT2D eigenvalue weighted by atomic mass is 16.5. The lowest BCUT2D eigenvalue weighted by molar-refractivity contribution is 0.122. The molecule has 12 nitrogen and oxygen atoms in total. The second-order valence-corrected chi connectivity index (χ2v) is 7.20. The lowest BCUT2D eigenvalue weighted by atomic mass is 10.2. The Morgan fingerprint density at radius 2 is 1.97 bits per heavy atom. The topological polar surface area (TPSA) is 141 Å². The fourth-order valence-corrected chi connectivity index (χ4v) is 3.26. The predicted octanol–water partition coefficient (Wildman–Crippen LogP) is 3.07. The summed E-state index contributed by atoms with van der Waals surface area (Å²) in [6, 6.07) is 11.9. The van der Waals surface area contributed by atoms with E-state index in [2.05, 4.69) is 30.8 Å². The summed E-state index contributed by atoms with van der Waals surface area (Å²) in [5.74, 6) is 2.13. The summed E-state index contributed by atoms with van der Waals surface area (Å²) < 4.78 is 22.0. The largest absolute Gasteiger partial charge is 0.459 e. The molecule has 1 fully saturated rings. The van der Waals surface area contributed by atoms with Gasteiger partial charge in [0.1, 0.15) is 5.75 Å². The second-order valence-electron chi connectivity index (χ2n) is 7.20. The molecular weight excluding hydrogens is 442 g/mol. The third-order valence-electron chi connectivity index (χ3n) is 4.92. The molecular formula is C22H21N7O5. The molecule has 0 unspecified atom stereocenters. The number of carbonyl (C=O) groups is 1. The van der Waals surface area contributed by atoms with E-state index >= 15 is 0 Å². The summed E-state index contributed by atoms with van der Waals surface area (Å²) in [6.45, 7) is 2.92. The molecule has 5 rings (SSSR count). The van der Waals surface area contributed by atoms with Crippen molar-refractivity contribution in [3.8, 4) is 23.3 Å². The van der Waals surface area contributed by atoms with Gasteiger partial charge in [-0.1, -0.05) is 23.3 Å². The number of aromatic nitrogens is 4. The summed E-state index contributed by atoms with van der Waals surface area (Å²) in [5.41, 5.74) is 0.756. The Balaban J connectivity index is 1.20. The summed E-state index contributed by atoms with van der Waals surface area (Å²) in [5, 5.41) is 12.9. The number of carbonyl (C=O) groups excluding carboxylic acids is 1. The molecule has 1 saturated heterocycles. The van der Waals surface area contributed by atoms with Gasteiger partial charge in [0.15, 0.2) is 5.76 Å². The first-order chi connectivity index (χ1) is 16.7. The van der Waals surface area contributed by atoms with Gasteiger partial charge in [-0.15, -0.1) is 5.10 Å². The molecule has 4 heterocycles. The molecule has 12 heteroatoms. The van der Waals surface area contributed by atoms with E-state index in [0.717, 1.165) is 18.7 Å². The van der Waals surface area contributed by atoms with Gasteiger partial charge in [0.2, 0.25) is 11.8 Å². The van der Waals surface area contributed by atoms with Gasteiger partial charge < -0.3 is 28.5 Å². The Labute approximate surface area is 193 Å². The number of rotatable bonds is 7. The molecule has 0 bridgehead atoms. The van der Waals surface area contributed by atoms with E-state index in [9.17, 15) is 4.79 Å². The normalized spacial score (nSPS) is 13.5. The number of nitrogens with one attached hydrogen (secondary N) is 2. The van der Waals surface area contributed by atoms with Gasteiger partial charge in [0.05, 0.1) is 19.5 Å². The summed E-state index contributed by atoms with van der Waals surface area (Å²) in [6.07, 6.45) is 3.15. The van der Waals surface area contributed by atoms with E-state index < -0.39 is 6.03 Å². The number of nitrogens with zero attached hydrogens (tertiary/aromatic N) is 5. The van der Waals surface area contributed by atoms with Crippen molar-refractivity contribution in [3.63, 3.8) is 0 Å². The third kappa shape index (κ3) is 5.13. The number of morpholine rings is 1. The van der Waals surface area contributed by atoms with Gasteiger partial charge in [0.25, 0.3) is 5.89 Å². The van der Waals surface area contributed by atoms with Crippen molar-refractivity contribution in [2.75, 3.05) is 36.5 Å². The standard InChI is InChI=1S/C22H21N7O5/c30-21(26-22-28-27-19(34-22)17-6-3-11-32-17)24-14-15-4-1-2-5-16(15)33-18-7-8-23-20(25-18)29-9-12-31-13-10-29/h1-8,11H,9-10,12-14H2,(H2,24,26,28,30). The van der Waals surface area contributed by atoms with Gasteiger partial charge in [-0.3, -0.25) is 5.32 Å². The predicted molar refractivity (Wildman–Crippen MR) is 119 cm³/mol. The maximum absolute atomic E-state index is 12.3. The highest BCUT2D eigenvalue weighted by Crippen LogP contribution is 2.25. The van der Waals surface area contributed by atoms with Crippen LogP contribution in [0.5, 0.6) is 11.6 Å². The molecule has 0 spiro atoms. The molecule has 3 aromatic heterocycles. The average Bonchev–Trinajstić information content (AvgIpc) is 3.57. The Bertz CT molecular complexity index is 1240. The van der Waals surface area contributed by atoms with Crippen molar-refractivity contribution >= 4 is 18.0 Å². The number of urea groups is 1. The molecule has 0 radical (unpaired) electrons. The Hall–Kier alpha value is -4.45. The number of amides is 2. The highest BCUT2D eigenvalue weighted by Gasteiger charge is 2.16. The molecule has 34 heavy (non-hydrogen) atoms. The maximum Gasteiger partial charge on any atom is 0.324 e. The van der Waals surface area contributed by atoms with Crippen LogP contribution in [0.4, 0.5) is 16.8 Å². The number of furan rings is 1. The molecule has 1 aliphatic heterocycles. The van der Waals surface area contributed by atoms with Crippen LogP contribution >= 0.6 is 0 Å². The van der Waals surface area contributed by atoms with Gasteiger partial charge in [-0.2, -0.15) is 4.98 Å². The number of anilines is 2. The lowest BCUT2D eigenvalue weighted by Gasteiger charge is -2.26. The van der Waals surface area contributed by atoms with E-state index in [1.807, 2.05) is 23.1 Å². The van der Waals surface area contributed by atoms with E-state index in [1.54, 1.807) is 30.5 Å². The molecule has 0 aliphatic carbocycles. The highest BCUT2D eigenvalue weighted by molar-refractivity contribution is 5.86. The fraction of sp³-hybridized carbons (Fsp3) is 0.227. The Kier molecular flexibility index (Phi) is 6.29. The minimum atomic E-state index is -0.513. The SMILES string of the molecule is O=C(NCc1ccccc1Oc1ccnc(N2CCOCC2)n1)Nc1nnc(-c2ccco2)o1. The number of ether oxygens (including phenoxy) is 2. The first-order valence-electron chi connectivity index (χ1n) is 10.6. The Morgan fingerprint density at radius 3 is 2.82 bits per heavy atom. The molecule has 0 saturated carbocycles. The zero-order valence-electron chi connectivity index (χ0n) is 18.0. The smallest absolute Gasteiger partial charge is 0.324 e. The summed E-state index contributed by atoms with van der Waals surface area (Å²) in [7, 11) is 0. The van der Waals surface area contributed by atoms with E-state index in [4.69, 9.17) is 18.3 Å². The van der Waals surface area contributed by atoms with Crippen LogP contribution in [-0.2, 0) is 11.3 Å². The van der Waals surface area contributed by atoms with Crippen LogP contribution < -0.4 is 20.3 Å². The monoisotopic (exact) mass is 463 g/mol. The molecule has 1 aliphatic rings. The minimum Gasteiger partial charge on any atom is -0.459 e. The number of hydrogen-bond acceptors (Lipinski definition) is 10. The minimum absolute atomic E-state index is 0.0509. The van der Waals surface area contributed by atoms with E-state index in [0.29, 0.717) is 36.6 Å². The van der Waals surface area contributed by atoms with Crippen molar-refractivity contribution in [2.45, 2.75) is 6.54 Å².